The lowest BCUT2D eigenvalue weighted by Crippen LogP contribution is -2.20. The molecule has 3 heteroatoms. The maximum Gasteiger partial charge on any atom is 0.260 e. The molecule has 0 spiro atoms. The Morgan fingerprint density at radius 1 is 1.05 bits per heavy atom. The number of aryl methyl sites for hydroxylation is 2. The van der Waals surface area contributed by atoms with Crippen LogP contribution in [0.25, 0.3) is 21.8 Å². The molecule has 1 aromatic carbocycles. The van der Waals surface area contributed by atoms with Gasteiger partial charge in [-0.2, -0.15) is 0 Å². The fourth-order valence-electron chi connectivity index (χ4n) is 3.61. The van der Waals surface area contributed by atoms with E-state index in [0.717, 1.165) is 41.1 Å². The monoisotopic (exact) mass is 252 g/mol. The van der Waals surface area contributed by atoms with Crippen LogP contribution in [0.5, 0.6) is 0 Å². The molecule has 3 nitrogen and oxygen atoms in total. The van der Waals surface area contributed by atoms with E-state index >= 15 is 0 Å². The van der Waals surface area contributed by atoms with Crippen LogP contribution in [-0.2, 0) is 26.9 Å². The Bertz CT molecular complexity index is 883. The summed E-state index contributed by atoms with van der Waals surface area (Å²) in [6.07, 6.45) is 3.27. The second kappa shape index (κ2) is 3.50. The number of aromatic nitrogens is 2. The van der Waals surface area contributed by atoms with Crippen LogP contribution in [0.4, 0.5) is 0 Å². The van der Waals surface area contributed by atoms with Crippen LogP contribution >= 0.6 is 0 Å². The highest BCUT2D eigenvalue weighted by atomic mass is 16.1. The van der Waals surface area contributed by atoms with Crippen molar-refractivity contribution in [1.82, 2.24) is 9.13 Å². The Morgan fingerprint density at radius 2 is 1.84 bits per heavy atom. The van der Waals surface area contributed by atoms with E-state index in [9.17, 15) is 4.79 Å². The van der Waals surface area contributed by atoms with Crippen LogP contribution in [0.1, 0.15) is 17.7 Å². The summed E-state index contributed by atoms with van der Waals surface area (Å²) in [4.78, 5) is 12.7. The van der Waals surface area contributed by atoms with Crippen LogP contribution in [0.3, 0.4) is 0 Å². The van der Waals surface area contributed by atoms with Crippen LogP contribution in [0.2, 0.25) is 0 Å². The minimum absolute atomic E-state index is 0.146. The van der Waals surface area contributed by atoms with E-state index in [4.69, 9.17) is 0 Å². The van der Waals surface area contributed by atoms with E-state index in [2.05, 4.69) is 23.7 Å². The van der Waals surface area contributed by atoms with Gasteiger partial charge in [-0.1, -0.05) is 18.2 Å². The Balaban J connectivity index is 2.40. The summed E-state index contributed by atoms with van der Waals surface area (Å²) in [5.74, 6) is 0. The van der Waals surface area contributed by atoms with E-state index in [0.29, 0.717) is 0 Å². The molecule has 0 radical (unpaired) electrons. The Morgan fingerprint density at radius 3 is 2.68 bits per heavy atom. The third kappa shape index (κ3) is 1.20. The maximum atomic E-state index is 12.7. The first-order valence-electron chi connectivity index (χ1n) is 6.78. The predicted molar refractivity (Wildman–Crippen MR) is 77.7 cm³/mol. The van der Waals surface area contributed by atoms with E-state index in [1.54, 1.807) is 0 Å². The summed E-state index contributed by atoms with van der Waals surface area (Å²) >= 11 is 0. The molecule has 0 aliphatic heterocycles. The number of benzene rings is 1. The SMILES string of the molecule is Cn1c2c(c3c(c1=O)c1ccccc1n3C)CCC2. The van der Waals surface area contributed by atoms with Gasteiger partial charge >= 0.3 is 0 Å². The zero-order valence-electron chi connectivity index (χ0n) is 11.2. The molecule has 2 heterocycles. The highest BCUT2D eigenvalue weighted by molar-refractivity contribution is 6.08. The molecule has 0 amide bonds. The molecule has 1 aliphatic rings. The van der Waals surface area contributed by atoms with E-state index in [1.165, 1.54) is 11.3 Å². The van der Waals surface area contributed by atoms with Crippen LogP contribution < -0.4 is 5.56 Å². The first-order valence-corrected chi connectivity index (χ1v) is 6.78. The highest BCUT2D eigenvalue weighted by Gasteiger charge is 2.23. The number of rotatable bonds is 0. The molecule has 19 heavy (non-hydrogen) atoms. The topological polar surface area (TPSA) is 26.9 Å². The number of hydrogen-bond donors (Lipinski definition) is 0. The Labute approximate surface area is 111 Å². The molecule has 96 valence electrons. The van der Waals surface area contributed by atoms with Gasteiger partial charge in [0.05, 0.1) is 10.9 Å². The normalized spacial score (nSPS) is 14.4. The van der Waals surface area contributed by atoms with Crippen molar-refractivity contribution in [3.05, 3.63) is 45.9 Å². The minimum atomic E-state index is 0.146. The van der Waals surface area contributed by atoms with Gasteiger partial charge in [-0.15, -0.1) is 0 Å². The number of hydrogen-bond acceptors (Lipinski definition) is 1. The average Bonchev–Trinajstić information content (AvgIpc) is 3.00. The van der Waals surface area contributed by atoms with Crippen molar-refractivity contribution < 1.29 is 0 Å². The highest BCUT2D eigenvalue weighted by Crippen LogP contribution is 2.33. The van der Waals surface area contributed by atoms with Gasteiger partial charge in [0.1, 0.15) is 0 Å². The fourth-order valence-corrected chi connectivity index (χ4v) is 3.61. The number of fused-ring (bicyclic) bond motifs is 5. The molecule has 2 aromatic heterocycles. The zero-order valence-corrected chi connectivity index (χ0v) is 11.2. The summed E-state index contributed by atoms with van der Waals surface area (Å²) < 4.78 is 4.05. The second-order valence-electron chi connectivity index (χ2n) is 5.44. The number of nitrogens with zero attached hydrogens (tertiary/aromatic N) is 2. The molecule has 0 N–H and O–H groups in total. The van der Waals surface area contributed by atoms with Crippen molar-refractivity contribution in [2.45, 2.75) is 19.3 Å². The van der Waals surface area contributed by atoms with Crippen molar-refractivity contribution in [2.24, 2.45) is 14.1 Å². The maximum absolute atomic E-state index is 12.7. The number of para-hydroxylation sites is 1. The number of pyridine rings is 1. The summed E-state index contributed by atoms with van der Waals surface area (Å²) in [5, 5.41) is 1.97. The van der Waals surface area contributed by atoms with Gasteiger partial charge in [-0.05, 0) is 30.9 Å². The van der Waals surface area contributed by atoms with Crippen molar-refractivity contribution in [1.29, 1.82) is 0 Å². The summed E-state index contributed by atoms with van der Waals surface area (Å²) in [7, 11) is 3.98. The van der Waals surface area contributed by atoms with Gasteiger partial charge in [0.2, 0.25) is 0 Å². The van der Waals surface area contributed by atoms with Crippen molar-refractivity contribution in [3.63, 3.8) is 0 Å². The lowest BCUT2D eigenvalue weighted by atomic mass is 10.1. The molecule has 1 aliphatic carbocycles. The summed E-state index contributed by atoms with van der Waals surface area (Å²) in [5.41, 5.74) is 5.04. The Hall–Kier alpha value is -2.03. The average molecular weight is 252 g/mol. The first kappa shape index (κ1) is 10.9. The Kier molecular flexibility index (Phi) is 2.00. The van der Waals surface area contributed by atoms with Gasteiger partial charge in [0.25, 0.3) is 5.56 Å². The van der Waals surface area contributed by atoms with Crippen LogP contribution in [-0.4, -0.2) is 9.13 Å². The molecular formula is C16H16N2O. The molecule has 0 saturated carbocycles. The molecule has 3 aromatic rings. The summed E-state index contributed by atoms with van der Waals surface area (Å²) in [6.45, 7) is 0. The van der Waals surface area contributed by atoms with Gasteiger partial charge in [0.15, 0.2) is 0 Å². The molecule has 4 rings (SSSR count). The van der Waals surface area contributed by atoms with E-state index < -0.39 is 0 Å². The molecule has 0 unspecified atom stereocenters. The lowest BCUT2D eigenvalue weighted by Gasteiger charge is -2.09. The molecule has 0 fully saturated rings. The van der Waals surface area contributed by atoms with Gasteiger partial charge < -0.3 is 9.13 Å². The first-order chi connectivity index (χ1) is 9.20. The standard InChI is InChI=1S/C16H16N2O/c1-17-12-8-4-3-6-10(12)14-15(17)11-7-5-9-13(11)18(2)16(14)19/h3-4,6,8H,5,7,9H2,1-2H3. The minimum Gasteiger partial charge on any atom is -0.343 e. The molecule has 0 atom stereocenters. The largest absolute Gasteiger partial charge is 0.343 e. The smallest absolute Gasteiger partial charge is 0.260 e. The second-order valence-corrected chi connectivity index (χ2v) is 5.44. The van der Waals surface area contributed by atoms with Gasteiger partial charge in [-0.25, -0.2) is 0 Å². The van der Waals surface area contributed by atoms with E-state index in [-0.39, 0.29) is 5.56 Å². The van der Waals surface area contributed by atoms with Crippen LogP contribution in [0, 0.1) is 0 Å². The summed E-state index contributed by atoms with van der Waals surface area (Å²) in [6, 6.07) is 8.19. The van der Waals surface area contributed by atoms with Gasteiger partial charge in [-0.3, -0.25) is 4.79 Å². The van der Waals surface area contributed by atoms with E-state index in [1.807, 2.05) is 23.7 Å². The quantitative estimate of drug-likeness (QED) is 0.604. The fraction of sp³-hybridized carbons (Fsp3) is 0.312. The van der Waals surface area contributed by atoms with Crippen molar-refractivity contribution in [3.8, 4) is 0 Å². The third-order valence-corrected chi connectivity index (χ3v) is 4.50. The molecule has 0 saturated heterocycles. The molecule has 0 bridgehead atoms. The zero-order chi connectivity index (χ0) is 13.1. The lowest BCUT2D eigenvalue weighted by molar-refractivity contribution is 0.785. The molecular weight excluding hydrogens is 236 g/mol. The predicted octanol–water partition coefficient (Wildman–Crippen LogP) is 2.52. The van der Waals surface area contributed by atoms with Gasteiger partial charge in [0, 0.05) is 30.7 Å². The van der Waals surface area contributed by atoms with Crippen LogP contribution in [0.15, 0.2) is 29.1 Å². The van der Waals surface area contributed by atoms with Crippen molar-refractivity contribution in [2.75, 3.05) is 0 Å². The van der Waals surface area contributed by atoms with Crippen molar-refractivity contribution >= 4 is 21.8 Å². The third-order valence-electron chi connectivity index (χ3n) is 4.50.